The molecule has 2 aliphatic carbocycles. The van der Waals surface area contributed by atoms with Crippen LogP contribution in [0.1, 0.15) is 12.8 Å². The van der Waals surface area contributed by atoms with Gasteiger partial charge in [0.15, 0.2) is 0 Å². The van der Waals surface area contributed by atoms with Crippen molar-refractivity contribution < 1.29 is 4.79 Å². The Hall–Kier alpha value is -1.11. The summed E-state index contributed by atoms with van der Waals surface area (Å²) in [7, 11) is 0. The largest absolute Gasteiger partial charge is 0.299 e. The van der Waals surface area contributed by atoms with Gasteiger partial charge < -0.3 is 0 Å². The van der Waals surface area contributed by atoms with E-state index < -0.39 is 0 Å². The molecule has 1 saturated carbocycles. The van der Waals surface area contributed by atoms with Crippen LogP contribution in [0.15, 0.2) is 35.5 Å². The minimum absolute atomic E-state index is 0.371. The van der Waals surface area contributed by atoms with Gasteiger partial charge in [0, 0.05) is 12.8 Å². The second-order valence-electron chi connectivity index (χ2n) is 2.67. The first-order valence-electron chi connectivity index (χ1n) is 3.45. The van der Waals surface area contributed by atoms with E-state index in [0.717, 1.165) is 0 Å². The highest BCUT2D eigenvalue weighted by molar-refractivity contribution is 5.92. The number of ketones is 1. The molecule has 0 saturated heterocycles. The molecule has 0 aromatic carbocycles. The lowest BCUT2D eigenvalue weighted by molar-refractivity contribution is -0.120. The number of rotatable bonds is 0. The molecule has 0 heterocycles. The van der Waals surface area contributed by atoms with Crippen LogP contribution in [0.5, 0.6) is 0 Å². The average molecular weight is 132 g/mol. The lowest BCUT2D eigenvalue weighted by atomic mass is 9.87. The van der Waals surface area contributed by atoms with Gasteiger partial charge in [0.2, 0.25) is 0 Å². The van der Waals surface area contributed by atoms with Crippen molar-refractivity contribution in [1.29, 1.82) is 0 Å². The van der Waals surface area contributed by atoms with Gasteiger partial charge in [-0.15, -0.1) is 0 Å². The summed E-state index contributed by atoms with van der Waals surface area (Å²) in [5.41, 5.74) is 2.55. The van der Waals surface area contributed by atoms with Crippen molar-refractivity contribution in [2.24, 2.45) is 0 Å². The molecule has 0 radical (unpaired) electrons. The van der Waals surface area contributed by atoms with E-state index >= 15 is 0 Å². The Labute approximate surface area is 59.7 Å². The number of carbonyl (C=O) groups excluding carboxylic acids is 1. The van der Waals surface area contributed by atoms with Crippen molar-refractivity contribution in [2.45, 2.75) is 12.8 Å². The summed E-state index contributed by atoms with van der Waals surface area (Å²) in [5.74, 6) is 0.371. The van der Waals surface area contributed by atoms with Crippen LogP contribution in [0.3, 0.4) is 0 Å². The molecule has 0 bridgehead atoms. The van der Waals surface area contributed by atoms with Crippen LogP contribution >= 0.6 is 0 Å². The van der Waals surface area contributed by atoms with E-state index in [9.17, 15) is 4.79 Å². The molecule has 2 aliphatic rings. The standard InChI is InChI=1S/C9H8O/c10-9-5-8(6-9)7-3-1-2-4-7/h1-4H,5-6H2. The Bertz CT molecular complexity index is 242. The number of hydrogen-bond acceptors (Lipinski definition) is 1. The maximum absolute atomic E-state index is 10.6. The molecule has 0 unspecified atom stereocenters. The maximum atomic E-state index is 10.6. The summed E-state index contributed by atoms with van der Waals surface area (Å²) in [6.07, 6.45) is 9.49. The van der Waals surface area contributed by atoms with Crippen molar-refractivity contribution in [3.8, 4) is 0 Å². The van der Waals surface area contributed by atoms with Crippen molar-refractivity contribution in [3.05, 3.63) is 35.5 Å². The van der Waals surface area contributed by atoms with Gasteiger partial charge >= 0.3 is 0 Å². The minimum Gasteiger partial charge on any atom is -0.299 e. The number of Topliss-reactive ketones (excluding diaryl/α,β-unsaturated/α-hetero) is 1. The molecule has 0 aliphatic heterocycles. The summed E-state index contributed by atoms with van der Waals surface area (Å²) in [6, 6.07) is 0. The van der Waals surface area contributed by atoms with Crippen molar-refractivity contribution in [3.63, 3.8) is 0 Å². The average Bonchev–Trinajstić information content (AvgIpc) is 2.31. The second-order valence-corrected chi connectivity index (χ2v) is 2.67. The van der Waals surface area contributed by atoms with Gasteiger partial charge in [-0.2, -0.15) is 0 Å². The van der Waals surface area contributed by atoms with Crippen LogP contribution in [0.4, 0.5) is 0 Å². The Morgan fingerprint density at radius 3 is 2.20 bits per heavy atom. The van der Waals surface area contributed by atoms with Gasteiger partial charge in [-0.05, 0) is 11.1 Å². The van der Waals surface area contributed by atoms with E-state index in [1.165, 1.54) is 11.1 Å². The Morgan fingerprint density at radius 2 is 1.70 bits per heavy atom. The molecule has 0 aromatic heterocycles. The molecule has 1 heteroatoms. The van der Waals surface area contributed by atoms with E-state index in [1.807, 2.05) is 12.2 Å². The summed E-state index contributed by atoms with van der Waals surface area (Å²) in [5, 5.41) is 0. The summed E-state index contributed by atoms with van der Waals surface area (Å²) in [4.78, 5) is 10.6. The molecule has 1 nitrogen and oxygen atoms in total. The first-order chi connectivity index (χ1) is 4.86. The zero-order valence-electron chi connectivity index (χ0n) is 5.63. The normalized spacial score (nSPS) is 22.2. The first-order valence-corrected chi connectivity index (χ1v) is 3.45. The zero-order valence-corrected chi connectivity index (χ0v) is 5.63. The van der Waals surface area contributed by atoms with Gasteiger partial charge in [0.1, 0.15) is 5.78 Å². The highest BCUT2D eigenvalue weighted by Gasteiger charge is 2.21. The molecule has 10 heavy (non-hydrogen) atoms. The van der Waals surface area contributed by atoms with E-state index in [1.54, 1.807) is 0 Å². The maximum Gasteiger partial charge on any atom is 0.141 e. The fourth-order valence-electron chi connectivity index (χ4n) is 1.24. The fraction of sp³-hybridized carbons (Fsp3) is 0.222. The molecule has 1 fully saturated rings. The highest BCUT2D eigenvalue weighted by Crippen LogP contribution is 2.28. The minimum atomic E-state index is 0.371. The fourth-order valence-corrected chi connectivity index (χ4v) is 1.24. The zero-order chi connectivity index (χ0) is 6.97. The third kappa shape index (κ3) is 0.747. The molecule has 0 aromatic rings. The van der Waals surface area contributed by atoms with Gasteiger partial charge in [-0.25, -0.2) is 0 Å². The van der Waals surface area contributed by atoms with Gasteiger partial charge in [-0.1, -0.05) is 24.3 Å². The van der Waals surface area contributed by atoms with Crippen LogP contribution in [-0.4, -0.2) is 5.78 Å². The molecule has 2 rings (SSSR count). The van der Waals surface area contributed by atoms with E-state index in [0.29, 0.717) is 18.6 Å². The lowest BCUT2D eigenvalue weighted by Crippen LogP contribution is -2.14. The van der Waals surface area contributed by atoms with Crippen LogP contribution < -0.4 is 0 Å². The number of allylic oxidation sites excluding steroid dienone is 6. The predicted molar refractivity (Wildman–Crippen MR) is 39.5 cm³/mol. The summed E-state index contributed by atoms with van der Waals surface area (Å²) >= 11 is 0. The molecular formula is C9H8O. The number of carbonyl (C=O) groups is 1. The molecular weight excluding hydrogens is 124 g/mol. The van der Waals surface area contributed by atoms with Crippen molar-refractivity contribution >= 4 is 5.78 Å². The van der Waals surface area contributed by atoms with Crippen LogP contribution in [0, 0.1) is 0 Å². The smallest absolute Gasteiger partial charge is 0.141 e. The van der Waals surface area contributed by atoms with Gasteiger partial charge in [-0.3, -0.25) is 4.79 Å². The van der Waals surface area contributed by atoms with Gasteiger partial charge in [0.25, 0.3) is 0 Å². The monoisotopic (exact) mass is 132 g/mol. The molecule has 0 spiro atoms. The van der Waals surface area contributed by atoms with Crippen LogP contribution in [0.2, 0.25) is 0 Å². The highest BCUT2D eigenvalue weighted by atomic mass is 16.1. The second kappa shape index (κ2) is 1.94. The van der Waals surface area contributed by atoms with Gasteiger partial charge in [0.05, 0.1) is 0 Å². The summed E-state index contributed by atoms with van der Waals surface area (Å²) in [6.45, 7) is 0. The SMILES string of the molecule is O=C1CC(=C2C=CC=C2)C1. The van der Waals surface area contributed by atoms with Crippen molar-refractivity contribution in [1.82, 2.24) is 0 Å². The Kier molecular flexibility index (Phi) is 1.10. The molecule has 0 N–H and O–H groups in total. The Balaban J connectivity index is 2.24. The third-order valence-corrected chi connectivity index (χ3v) is 1.89. The van der Waals surface area contributed by atoms with Crippen molar-refractivity contribution in [2.75, 3.05) is 0 Å². The van der Waals surface area contributed by atoms with E-state index in [-0.39, 0.29) is 0 Å². The lowest BCUT2D eigenvalue weighted by Gasteiger charge is -2.16. The number of hydrogen-bond donors (Lipinski definition) is 0. The molecule has 0 atom stereocenters. The van der Waals surface area contributed by atoms with Crippen LogP contribution in [-0.2, 0) is 4.79 Å². The Morgan fingerprint density at radius 1 is 1.10 bits per heavy atom. The topological polar surface area (TPSA) is 17.1 Å². The van der Waals surface area contributed by atoms with E-state index in [4.69, 9.17) is 0 Å². The summed E-state index contributed by atoms with van der Waals surface area (Å²) < 4.78 is 0. The van der Waals surface area contributed by atoms with E-state index in [2.05, 4.69) is 12.2 Å². The predicted octanol–water partition coefficient (Wildman–Crippen LogP) is 1.77. The quantitative estimate of drug-likeness (QED) is 0.491. The molecule has 50 valence electrons. The first kappa shape index (κ1) is 5.66. The third-order valence-electron chi connectivity index (χ3n) is 1.89. The molecule has 0 amide bonds. The van der Waals surface area contributed by atoms with Crippen LogP contribution in [0.25, 0.3) is 0 Å².